The molecule has 0 radical (unpaired) electrons. The summed E-state index contributed by atoms with van der Waals surface area (Å²) >= 11 is 0. The number of carboxylic acid groups (broad SMARTS) is 1. The molecule has 0 aromatic rings. The van der Waals surface area contributed by atoms with Crippen molar-refractivity contribution in [1.82, 2.24) is 4.90 Å². The first-order valence-electron chi connectivity index (χ1n) is 5.59. The summed E-state index contributed by atoms with van der Waals surface area (Å²) in [7, 11) is 1.96. The Morgan fingerprint density at radius 2 is 2.00 bits per heavy atom. The number of nitrogens with zero attached hydrogens (tertiary/aromatic N) is 1. The quantitative estimate of drug-likeness (QED) is 0.746. The van der Waals surface area contributed by atoms with Gasteiger partial charge in [-0.1, -0.05) is 12.8 Å². The fourth-order valence-electron chi connectivity index (χ4n) is 3.21. The summed E-state index contributed by atoms with van der Waals surface area (Å²) in [6, 6.07) is 0.540. The van der Waals surface area contributed by atoms with Crippen LogP contribution in [-0.4, -0.2) is 35.6 Å². The van der Waals surface area contributed by atoms with Crippen molar-refractivity contribution >= 4 is 5.97 Å². The topological polar surface area (TPSA) is 40.5 Å². The van der Waals surface area contributed by atoms with Gasteiger partial charge in [0.25, 0.3) is 0 Å². The van der Waals surface area contributed by atoms with E-state index in [1.165, 1.54) is 32.1 Å². The van der Waals surface area contributed by atoms with Crippen molar-refractivity contribution in [1.29, 1.82) is 0 Å². The van der Waals surface area contributed by atoms with Gasteiger partial charge in [-0.05, 0) is 38.1 Å². The molecule has 3 rings (SSSR count). The maximum atomic E-state index is 10.6. The lowest BCUT2D eigenvalue weighted by Gasteiger charge is -2.45. The summed E-state index contributed by atoms with van der Waals surface area (Å²) < 4.78 is 0. The van der Waals surface area contributed by atoms with E-state index in [0.29, 0.717) is 6.04 Å². The molecule has 3 nitrogen and oxygen atoms in total. The summed E-state index contributed by atoms with van der Waals surface area (Å²) in [5.41, 5.74) is 0. The smallest absolute Gasteiger partial charge is 0.317 e. The molecule has 0 amide bonds. The SMILES string of the molecule is CN(CC(=O)O)C1CC2CCC1CC2. The summed E-state index contributed by atoms with van der Waals surface area (Å²) in [5.74, 6) is 0.944. The van der Waals surface area contributed by atoms with Gasteiger partial charge >= 0.3 is 5.97 Å². The van der Waals surface area contributed by atoms with Gasteiger partial charge in [0.1, 0.15) is 0 Å². The molecule has 0 aromatic carbocycles. The molecule has 3 fully saturated rings. The molecular formula is C11H19NO2. The van der Waals surface area contributed by atoms with Crippen LogP contribution < -0.4 is 0 Å². The molecule has 0 spiro atoms. The lowest BCUT2D eigenvalue weighted by molar-refractivity contribution is -0.139. The van der Waals surface area contributed by atoms with Crippen molar-refractivity contribution < 1.29 is 9.90 Å². The lowest BCUT2D eigenvalue weighted by Crippen LogP contribution is -2.47. The van der Waals surface area contributed by atoms with Crippen LogP contribution in [0.1, 0.15) is 32.1 Å². The molecule has 3 aliphatic carbocycles. The number of hydrogen-bond acceptors (Lipinski definition) is 2. The number of aliphatic carboxylic acids is 1. The monoisotopic (exact) mass is 197 g/mol. The first-order chi connectivity index (χ1) is 6.66. The number of likely N-dealkylation sites (N-methyl/N-ethyl adjacent to an activating group) is 1. The third-order valence-corrected chi connectivity index (χ3v) is 3.96. The van der Waals surface area contributed by atoms with Crippen LogP contribution >= 0.6 is 0 Å². The number of hydrogen-bond donors (Lipinski definition) is 1. The molecule has 0 saturated heterocycles. The van der Waals surface area contributed by atoms with Crippen LogP contribution in [0.15, 0.2) is 0 Å². The molecule has 3 saturated carbocycles. The minimum absolute atomic E-state index is 0.202. The largest absolute Gasteiger partial charge is 0.480 e. The average Bonchev–Trinajstić information content (AvgIpc) is 2.18. The van der Waals surface area contributed by atoms with Gasteiger partial charge in [-0.3, -0.25) is 9.69 Å². The highest BCUT2D eigenvalue weighted by molar-refractivity contribution is 5.69. The van der Waals surface area contributed by atoms with E-state index in [9.17, 15) is 4.79 Å². The van der Waals surface area contributed by atoms with Crippen LogP contribution in [0.5, 0.6) is 0 Å². The molecular weight excluding hydrogens is 178 g/mol. The van der Waals surface area contributed by atoms with Crippen LogP contribution in [0, 0.1) is 11.8 Å². The molecule has 80 valence electrons. The predicted molar refractivity (Wildman–Crippen MR) is 54.1 cm³/mol. The Hall–Kier alpha value is -0.570. The Balaban J connectivity index is 1.94. The first kappa shape index (κ1) is 9.97. The van der Waals surface area contributed by atoms with E-state index >= 15 is 0 Å². The number of carbonyl (C=O) groups is 1. The molecule has 1 unspecified atom stereocenters. The van der Waals surface area contributed by atoms with Crippen LogP contribution in [0.2, 0.25) is 0 Å². The zero-order valence-corrected chi connectivity index (χ0v) is 8.78. The van der Waals surface area contributed by atoms with E-state index in [2.05, 4.69) is 0 Å². The van der Waals surface area contributed by atoms with E-state index in [1.807, 2.05) is 11.9 Å². The first-order valence-corrected chi connectivity index (χ1v) is 5.59. The Morgan fingerprint density at radius 3 is 2.43 bits per heavy atom. The highest BCUT2D eigenvalue weighted by atomic mass is 16.4. The molecule has 3 aliphatic rings. The van der Waals surface area contributed by atoms with Crippen molar-refractivity contribution in [2.75, 3.05) is 13.6 Å². The fraction of sp³-hybridized carbons (Fsp3) is 0.909. The number of rotatable bonds is 3. The van der Waals surface area contributed by atoms with Gasteiger partial charge in [0.2, 0.25) is 0 Å². The normalized spacial score (nSPS) is 36.3. The van der Waals surface area contributed by atoms with Gasteiger partial charge in [-0.2, -0.15) is 0 Å². The van der Waals surface area contributed by atoms with Crippen LogP contribution in [-0.2, 0) is 4.79 Å². The van der Waals surface area contributed by atoms with Crippen molar-refractivity contribution in [3.8, 4) is 0 Å². The molecule has 1 atom stereocenters. The molecule has 2 bridgehead atoms. The maximum Gasteiger partial charge on any atom is 0.317 e. The summed E-state index contributed by atoms with van der Waals surface area (Å²) in [6.45, 7) is 0.202. The standard InChI is InChI=1S/C11H19NO2/c1-12(7-11(13)14)10-6-8-2-4-9(10)5-3-8/h8-10H,2-7H2,1H3,(H,13,14). The van der Waals surface area contributed by atoms with Crippen LogP contribution in [0.25, 0.3) is 0 Å². The zero-order valence-electron chi connectivity index (χ0n) is 8.78. The van der Waals surface area contributed by atoms with Gasteiger partial charge in [0.05, 0.1) is 6.54 Å². The third kappa shape index (κ3) is 1.92. The van der Waals surface area contributed by atoms with Crippen molar-refractivity contribution in [3.05, 3.63) is 0 Å². The van der Waals surface area contributed by atoms with E-state index < -0.39 is 5.97 Å². The average molecular weight is 197 g/mol. The number of fused-ring (bicyclic) bond motifs is 3. The van der Waals surface area contributed by atoms with E-state index in [-0.39, 0.29) is 6.54 Å². The lowest BCUT2D eigenvalue weighted by atomic mass is 9.67. The number of carboxylic acids is 1. The predicted octanol–water partition coefficient (Wildman–Crippen LogP) is 1.58. The molecule has 0 heterocycles. The maximum absolute atomic E-state index is 10.6. The summed E-state index contributed by atoms with van der Waals surface area (Å²) in [4.78, 5) is 12.7. The Labute approximate surface area is 85.1 Å². The van der Waals surface area contributed by atoms with Crippen molar-refractivity contribution in [2.24, 2.45) is 11.8 Å². The second-order valence-corrected chi connectivity index (χ2v) is 4.89. The zero-order chi connectivity index (χ0) is 10.1. The molecule has 0 aliphatic heterocycles. The van der Waals surface area contributed by atoms with Crippen LogP contribution in [0.4, 0.5) is 0 Å². The minimum Gasteiger partial charge on any atom is -0.480 e. The summed E-state index contributed by atoms with van der Waals surface area (Å²) in [5, 5.41) is 8.74. The van der Waals surface area contributed by atoms with E-state index in [0.717, 1.165) is 11.8 Å². The Morgan fingerprint density at radius 1 is 1.36 bits per heavy atom. The van der Waals surface area contributed by atoms with Crippen LogP contribution in [0.3, 0.4) is 0 Å². The van der Waals surface area contributed by atoms with E-state index in [4.69, 9.17) is 5.11 Å². The third-order valence-electron chi connectivity index (χ3n) is 3.96. The molecule has 1 N–H and O–H groups in total. The van der Waals surface area contributed by atoms with Gasteiger partial charge in [-0.15, -0.1) is 0 Å². The van der Waals surface area contributed by atoms with Gasteiger partial charge in [0, 0.05) is 6.04 Å². The van der Waals surface area contributed by atoms with Gasteiger partial charge in [-0.25, -0.2) is 0 Å². The molecule has 14 heavy (non-hydrogen) atoms. The second-order valence-electron chi connectivity index (χ2n) is 4.89. The Bertz CT molecular complexity index is 221. The highest BCUT2D eigenvalue weighted by Crippen LogP contribution is 2.42. The van der Waals surface area contributed by atoms with Gasteiger partial charge in [0.15, 0.2) is 0 Å². The minimum atomic E-state index is -0.700. The molecule has 3 heteroatoms. The molecule has 0 aromatic heterocycles. The fourth-order valence-corrected chi connectivity index (χ4v) is 3.21. The van der Waals surface area contributed by atoms with Crippen molar-refractivity contribution in [3.63, 3.8) is 0 Å². The highest BCUT2D eigenvalue weighted by Gasteiger charge is 2.37. The van der Waals surface area contributed by atoms with Gasteiger partial charge < -0.3 is 5.11 Å². The Kier molecular flexibility index (Phi) is 2.77. The van der Waals surface area contributed by atoms with E-state index in [1.54, 1.807) is 0 Å². The summed E-state index contributed by atoms with van der Waals surface area (Å²) in [6.07, 6.45) is 6.62. The van der Waals surface area contributed by atoms with Crippen molar-refractivity contribution in [2.45, 2.75) is 38.1 Å². The second kappa shape index (κ2) is 3.89.